The van der Waals surface area contributed by atoms with Crippen LogP contribution in [0.2, 0.25) is 5.02 Å². The maximum atomic E-state index is 13.0. The van der Waals surface area contributed by atoms with Crippen LogP contribution in [0.5, 0.6) is 0 Å². The van der Waals surface area contributed by atoms with E-state index in [1.165, 1.54) is 0 Å². The molecule has 0 spiro atoms. The van der Waals surface area contributed by atoms with Crippen LogP contribution < -0.4 is 5.32 Å². The zero-order valence-corrected chi connectivity index (χ0v) is 16.0. The molecule has 0 radical (unpaired) electrons. The zero-order valence-electron chi connectivity index (χ0n) is 15.2. The van der Waals surface area contributed by atoms with Crippen molar-refractivity contribution in [3.8, 4) is 11.1 Å². The fraction of sp³-hybridized carbons (Fsp3) is 0. The Balaban J connectivity index is 1.51. The Morgan fingerprint density at radius 1 is 0.690 bits per heavy atom. The van der Waals surface area contributed by atoms with Crippen molar-refractivity contribution >= 4 is 50.7 Å². The van der Waals surface area contributed by atoms with E-state index in [0.29, 0.717) is 10.6 Å². The Morgan fingerprint density at radius 2 is 1.45 bits per heavy atom. The van der Waals surface area contributed by atoms with Gasteiger partial charge in [0.2, 0.25) is 0 Å². The summed E-state index contributed by atoms with van der Waals surface area (Å²) in [6, 6.07) is 25.2. The molecule has 0 atom stereocenters. The molecule has 1 heterocycles. The number of hydrogen-bond acceptors (Lipinski definition) is 3. The normalized spacial score (nSPS) is 12.4. The van der Waals surface area contributed by atoms with Crippen molar-refractivity contribution in [3.05, 3.63) is 95.0 Å². The lowest BCUT2D eigenvalue weighted by molar-refractivity contribution is 0.104. The lowest BCUT2D eigenvalue weighted by atomic mass is 10.0. The number of hydrogen-bond donors (Lipinski definition) is 1. The molecule has 4 aromatic carbocycles. The lowest BCUT2D eigenvalue weighted by Crippen LogP contribution is -2.01. The van der Waals surface area contributed by atoms with Gasteiger partial charge in [-0.2, -0.15) is 0 Å². The molecule has 138 valence electrons. The van der Waals surface area contributed by atoms with Crippen LogP contribution in [0.15, 0.2) is 83.3 Å². The number of nitrogens with one attached hydrogen (secondary N) is 1. The first-order valence-corrected chi connectivity index (χ1v) is 9.74. The van der Waals surface area contributed by atoms with Crippen LogP contribution in [0.1, 0.15) is 15.9 Å². The minimum atomic E-state index is 0.0321. The number of anilines is 2. The Morgan fingerprint density at radius 3 is 2.34 bits per heavy atom. The van der Waals surface area contributed by atoms with Crippen molar-refractivity contribution in [3.63, 3.8) is 0 Å². The molecule has 0 aliphatic heterocycles. The number of halogens is 1. The van der Waals surface area contributed by atoms with Crippen LogP contribution in [0.3, 0.4) is 0 Å². The third-order valence-corrected chi connectivity index (χ3v) is 5.90. The Hall–Kier alpha value is -3.56. The van der Waals surface area contributed by atoms with E-state index in [-0.39, 0.29) is 5.78 Å². The molecule has 1 aliphatic rings. The highest BCUT2D eigenvalue weighted by atomic mass is 35.5. The summed E-state index contributed by atoms with van der Waals surface area (Å²) in [5, 5.41) is 5.81. The average molecular weight is 396 g/mol. The van der Waals surface area contributed by atoms with Gasteiger partial charge >= 0.3 is 0 Å². The Bertz CT molecular complexity index is 1460. The van der Waals surface area contributed by atoms with Gasteiger partial charge in [0.05, 0.1) is 22.0 Å². The first-order chi connectivity index (χ1) is 14.2. The number of ketones is 1. The molecule has 29 heavy (non-hydrogen) atoms. The molecule has 4 heteroatoms. The standard InChI is InChI=1S/C25H14ClNO2/c26-24-19(12-13-21-23(24)17-8-3-4-11-20(17)29-21)27-18-10-5-9-15-14-6-1-2-7-16(14)25(28)22(15)18/h1-13,27H. The van der Waals surface area contributed by atoms with Gasteiger partial charge in [0, 0.05) is 16.3 Å². The number of rotatable bonds is 2. The molecule has 0 saturated heterocycles. The largest absolute Gasteiger partial charge is 0.456 e. The quantitative estimate of drug-likeness (QED) is 0.337. The van der Waals surface area contributed by atoms with Gasteiger partial charge in [0.1, 0.15) is 11.2 Å². The van der Waals surface area contributed by atoms with Gasteiger partial charge in [0.25, 0.3) is 0 Å². The highest BCUT2D eigenvalue weighted by molar-refractivity contribution is 6.40. The van der Waals surface area contributed by atoms with Gasteiger partial charge in [-0.05, 0) is 35.4 Å². The highest BCUT2D eigenvalue weighted by Crippen LogP contribution is 2.43. The van der Waals surface area contributed by atoms with Crippen LogP contribution in [-0.4, -0.2) is 5.78 Å². The number of carbonyl (C=O) groups excluding carboxylic acids is 1. The van der Waals surface area contributed by atoms with Crippen molar-refractivity contribution in [1.29, 1.82) is 0 Å². The summed E-state index contributed by atoms with van der Waals surface area (Å²) >= 11 is 6.78. The van der Waals surface area contributed by atoms with E-state index in [1.54, 1.807) is 0 Å². The fourth-order valence-corrected chi connectivity index (χ4v) is 4.50. The Labute approximate surface area is 171 Å². The van der Waals surface area contributed by atoms with E-state index in [1.807, 2.05) is 78.9 Å². The maximum Gasteiger partial charge on any atom is 0.196 e. The summed E-state index contributed by atoms with van der Waals surface area (Å²) < 4.78 is 5.91. The van der Waals surface area contributed by atoms with Crippen LogP contribution in [0.25, 0.3) is 33.1 Å². The van der Waals surface area contributed by atoms with E-state index < -0.39 is 0 Å². The van der Waals surface area contributed by atoms with Gasteiger partial charge in [-0.3, -0.25) is 4.79 Å². The molecule has 6 rings (SSSR count). The topological polar surface area (TPSA) is 42.2 Å². The van der Waals surface area contributed by atoms with Gasteiger partial charge in [-0.1, -0.05) is 66.2 Å². The summed E-state index contributed by atoms with van der Waals surface area (Å²) in [6.45, 7) is 0. The maximum absolute atomic E-state index is 13.0. The molecule has 0 fully saturated rings. The smallest absolute Gasteiger partial charge is 0.196 e. The second-order valence-electron chi connectivity index (χ2n) is 7.13. The number of carbonyl (C=O) groups is 1. The summed E-state index contributed by atoms with van der Waals surface area (Å²) in [5.41, 5.74) is 6.36. The number of para-hydroxylation sites is 1. The van der Waals surface area contributed by atoms with Crippen LogP contribution in [0.4, 0.5) is 11.4 Å². The molecular weight excluding hydrogens is 382 g/mol. The molecule has 1 N–H and O–H groups in total. The first-order valence-electron chi connectivity index (χ1n) is 9.36. The highest BCUT2D eigenvalue weighted by Gasteiger charge is 2.29. The van der Waals surface area contributed by atoms with Crippen molar-refractivity contribution in [1.82, 2.24) is 0 Å². The van der Waals surface area contributed by atoms with Gasteiger partial charge in [-0.15, -0.1) is 0 Å². The molecule has 0 unspecified atom stereocenters. The van der Waals surface area contributed by atoms with E-state index in [4.69, 9.17) is 16.0 Å². The van der Waals surface area contributed by atoms with Crippen molar-refractivity contribution < 1.29 is 9.21 Å². The monoisotopic (exact) mass is 395 g/mol. The van der Waals surface area contributed by atoms with E-state index in [2.05, 4.69) is 5.32 Å². The molecule has 0 amide bonds. The molecule has 5 aromatic rings. The lowest BCUT2D eigenvalue weighted by Gasteiger charge is -2.12. The van der Waals surface area contributed by atoms with E-state index in [0.717, 1.165) is 50.0 Å². The number of benzene rings is 4. The van der Waals surface area contributed by atoms with Gasteiger partial charge in [0.15, 0.2) is 5.78 Å². The molecule has 0 bridgehead atoms. The second kappa shape index (κ2) is 5.97. The first kappa shape index (κ1) is 16.4. The van der Waals surface area contributed by atoms with Crippen LogP contribution >= 0.6 is 11.6 Å². The molecule has 0 saturated carbocycles. The molecular formula is C25H14ClNO2. The minimum Gasteiger partial charge on any atom is -0.456 e. The van der Waals surface area contributed by atoms with E-state index >= 15 is 0 Å². The summed E-state index contributed by atoms with van der Waals surface area (Å²) in [7, 11) is 0. The van der Waals surface area contributed by atoms with Crippen LogP contribution in [-0.2, 0) is 0 Å². The number of fused-ring (bicyclic) bond motifs is 6. The zero-order chi connectivity index (χ0) is 19.5. The fourth-order valence-electron chi connectivity index (χ4n) is 4.19. The second-order valence-corrected chi connectivity index (χ2v) is 7.50. The van der Waals surface area contributed by atoms with Gasteiger partial charge in [-0.25, -0.2) is 0 Å². The van der Waals surface area contributed by atoms with E-state index in [9.17, 15) is 4.79 Å². The average Bonchev–Trinajstić information content (AvgIpc) is 3.27. The summed E-state index contributed by atoms with van der Waals surface area (Å²) in [6.07, 6.45) is 0. The molecule has 1 aliphatic carbocycles. The minimum absolute atomic E-state index is 0.0321. The van der Waals surface area contributed by atoms with Crippen molar-refractivity contribution in [2.45, 2.75) is 0 Å². The number of furan rings is 1. The predicted octanol–water partition coefficient (Wildman–Crippen LogP) is 7.19. The predicted molar refractivity (Wildman–Crippen MR) is 117 cm³/mol. The SMILES string of the molecule is O=C1c2ccccc2-c2cccc(Nc3ccc4oc5ccccc5c4c3Cl)c21. The van der Waals surface area contributed by atoms with Crippen molar-refractivity contribution in [2.75, 3.05) is 5.32 Å². The summed E-state index contributed by atoms with van der Waals surface area (Å²) in [5.74, 6) is 0.0321. The summed E-state index contributed by atoms with van der Waals surface area (Å²) in [4.78, 5) is 13.0. The van der Waals surface area contributed by atoms with Gasteiger partial charge < -0.3 is 9.73 Å². The molecule has 3 nitrogen and oxygen atoms in total. The Kier molecular flexibility index (Phi) is 3.37. The van der Waals surface area contributed by atoms with Crippen LogP contribution in [0, 0.1) is 0 Å². The van der Waals surface area contributed by atoms with Crippen molar-refractivity contribution in [2.24, 2.45) is 0 Å². The third-order valence-electron chi connectivity index (χ3n) is 5.50. The molecule has 1 aromatic heterocycles. The third kappa shape index (κ3) is 2.28.